The molecule has 0 radical (unpaired) electrons. The van der Waals surface area contributed by atoms with Crippen molar-refractivity contribution < 1.29 is 14.3 Å². The number of hydrogen-bond acceptors (Lipinski definition) is 4. The molecule has 1 unspecified atom stereocenters. The number of halogens is 2. The molecule has 8 heteroatoms. The second kappa shape index (κ2) is 9.08. The third-order valence-electron chi connectivity index (χ3n) is 3.78. The van der Waals surface area contributed by atoms with E-state index in [1.165, 1.54) is 7.05 Å². The van der Waals surface area contributed by atoms with Gasteiger partial charge in [-0.1, -0.05) is 11.6 Å². The Morgan fingerprint density at radius 2 is 2.00 bits per heavy atom. The van der Waals surface area contributed by atoms with Crippen LogP contribution in [0, 0.1) is 5.92 Å². The normalized spacial score (nSPS) is 16.1. The van der Waals surface area contributed by atoms with Crippen molar-refractivity contribution in [3.8, 4) is 0 Å². The van der Waals surface area contributed by atoms with Crippen molar-refractivity contribution in [1.29, 1.82) is 0 Å². The van der Waals surface area contributed by atoms with E-state index in [0.717, 1.165) is 12.8 Å². The number of nitrogens with two attached hydrogens (primary N) is 1. The molecule has 1 aliphatic rings. The third kappa shape index (κ3) is 5.07. The summed E-state index contributed by atoms with van der Waals surface area (Å²) in [5.74, 6) is -0.410. The van der Waals surface area contributed by atoms with Crippen molar-refractivity contribution in [1.82, 2.24) is 5.32 Å². The highest BCUT2D eigenvalue weighted by atomic mass is 35.5. The van der Waals surface area contributed by atoms with Gasteiger partial charge in [0.1, 0.15) is 0 Å². The Balaban J connectivity index is 0.00000264. The molecule has 23 heavy (non-hydrogen) atoms. The molecule has 2 rings (SSSR count). The first-order chi connectivity index (χ1) is 10.5. The zero-order chi connectivity index (χ0) is 16.1. The molecule has 2 amide bonds. The molecule has 1 aromatic carbocycles. The van der Waals surface area contributed by atoms with E-state index in [4.69, 9.17) is 22.1 Å². The fourth-order valence-corrected chi connectivity index (χ4v) is 2.69. The summed E-state index contributed by atoms with van der Waals surface area (Å²) in [4.78, 5) is 23.8. The van der Waals surface area contributed by atoms with Crippen LogP contribution in [-0.2, 0) is 9.53 Å². The van der Waals surface area contributed by atoms with Crippen LogP contribution in [-0.4, -0.2) is 38.1 Å². The highest BCUT2D eigenvalue weighted by Crippen LogP contribution is 2.22. The van der Waals surface area contributed by atoms with E-state index in [-0.39, 0.29) is 35.2 Å². The van der Waals surface area contributed by atoms with Crippen LogP contribution in [0.3, 0.4) is 0 Å². The van der Waals surface area contributed by atoms with Crippen molar-refractivity contribution in [2.75, 3.05) is 25.6 Å². The smallest absolute Gasteiger partial charge is 0.252 e. The summed E-state index contributed by atoms with van der Waals surface area (Å²) in [6.45, 7) is 1.27. The van der Waals surface area contributed by atoms with Crippen molar-refractivity contribution in [2.24, 2.45) is 11.7 Å². The van der Waals surface area contributed by atoms with Crippen molar-refractivity contribution >= 4 is 41.5 Å². The Morgan fingerprint density at radius 1 is 1.35 bits per heavy atom. The molecule has 0 spiro atoms. The van der Waals surface area contributed by atoms with Gasteiger partial charge in [0, 0.05) is 25.9 Å². The molecule has 0 saturated carbocycles. The number of benzene rings is 1. The second-order valence-electron chi connectivity index (χ2n) is 5.24. The Kier molecular flexibility index (Phi) is 7.78. The van der Waals surface area contributed by atoms with Crippen molar-refractivity contribution in [3.63, 3.8) is 0 Å². The van der Waals surface area contributed by atoms with E-state index < -0.39 is 6.04 Å². The fraction of sp³-hybridized carbons (Fsp3) is 0.467. The van der Waals surface area contributed by atoms with E-state index in [1.807, 2.05) is 0 Å². The molecule has 1 atom stereocenters. The van der Waals surface area contributed by atoms with E-state index in [1.54, 1.807) is 18.2 Å². The van der Waals surface area contributed by atoms with Crippen LogP contribution in [0.25, 0.3) is 0 Å². The minimum Gasteiger partial charge on any atom is -0.381 e. The Hall–Kier alpha value is -1.34. The van der Waals surface area contributed by atoms with Gasteiger partial charge in [-0.05, 0) is 37.0 Å². The van der Waals surface area contributed by atoms with Gasteiger partial charge in [0.05, 0.1) is 16.6 Å². The molecule has 1 fully saturated rings. The minimum absolute atomic E-state index is 0. The molecule has 128 valence electrons. The van der Waals surface area contributed by atoms with Crippen LogP contribution in [0.1, 0.15) is 23.2 Å². The Morgan fingerprint density at radius 3 is 2.57 bits per heavy atom. The highest BCUT2D eigenvalue weighted by Gasteiger charge is 2.26. The summed E-state index contributed by atoms with van der Waals surface area (Å²) in [6.07, 6.45) is 1.57. The number of carbonyl (C=O) groups is 2. The Bertz CT molecular complexity index is 563. The summed E-state index contributed by atoms with van der Waals surface area (Å²) >= 11 is 6.05. The van der Waals surface area contributed by atoms with Crippen LogP contribution in [0.15, 0.2) is 18.2 Å². The fourth-order valence-electron chi connectivity index (χ4n) is 2.43. The lowest BCUT2D eigenvalue weighted by Gasteiger charge is -2.26. The van der Waals surface area contributed by atoms with Crippen LogP contribution in [0.5, 0.6) is 0 Å². The number of rotatable bonds is 4. The molecule has 0 bridgehead atoms. The molecule has 6 nitrogen and oxygen atoms in total. The van der Waals surface area contributed by atoms with Crippen LogP contribution >= 0.6 is 24.0 Å². The molecule has 1 aromatic rings. The first-order valence-electron chi connectivity index (χ1n) is 7.18. The predicted molar refractivity (Wildman–Crippen MR) is 92.2 cm³/mol. The van der Waals surface area contributed by atoms with Crippen molar-refractivity contribution in [3.05, 3.63) is 28.8 Å². The Labute approximate surface area is 146 Å². The predicted octanol–water partition coefficient (Wildman–Crippen LogP) is 1.81. The van der Waals surface area contributed by atoms with E-state index in [2.05, 4.69) is 10.6 Å². The summed E-state index contributed by atoms with van der Waals surface area (Å²) in [5.41, 5.74) is 6.89. The first-order valence-corrected chi connectivity index (χ1v) is 7.56. The summed E-state index contributed by atoms with van der Waals surface area (Å²) < 4.78 is 5.27. The average Bonchev–Trinajstić information content (AvgIpc) is 2.54. The minimum atomic E-state index is -0.582. The zero-order valence-corrected chi connectivity index (χ0v) is 14.4. The molecule has 1 heterocycles. The third-order valence-corrected chi connectivity index (χ3v) is 4.10. The van der Waals surface area contributed by atoms with E-state index in [9.17, 15) is 9.59 Å². The standard InChI is InChI=1S/C15H20ClN3O3.ClH/c1-18-14(20)11-3-2-10(8-12(11)16)19-15(21)13(17)9-4-6-22-7-5-9;/h2-3,8-9,13H,4-7,17H2,1H3,(H,18,20)(H,19,21);1H. The van der Waals surface area contributed by atoms with Crippen molar-refractivity contribution in [2.45, 2.75) is 18.9 Å². The lowest BCUT2D eigenvalue weighted by atomic mass is 9.92. The van der Waals surface area contributed by atoms with Gasteiger partial charge in [-0.15, -0.1) is 12.4 Å². The van der Waals surface area contributed by atoms with E-state index >= 15 is 0 Å². The van der Waals surface area contributed by atoms with Gasteiger partial charge in [0.25, 0.3) is 5.91 Å². The van der Waals surface area contributed by atoms with E-state index in [0.29, 0.717) is 24.5 Å². The second-order valence-corrected chi connectivity index (χ2v) is 5.65. The maximum Gasteiger partial charge on any atom is 0.252 e. The monoisotopic (exact) mass is 361 g/mol. The van der Waals surface area contributed by atoms with Crippen LogP contribution in [0.2, 0.25) is 5.02 Å². The van der Waals surface area contributed by atoms with Gasteiger partial charge in [-0.25, -0.2) is 0 Å². The molecule has 1 saturated heterocycles. The summed E-state index contributed by atoms with van der Waals surface area (Å²) in [5, 5.41) is 5.52. The van der Waals surface area contributed by atoms with Gasteiger partial charge >= 0.3 is 0 Å². The maximum atomic E-state index is 12.2. The summed E-state index contributed by atoms with van der Waals surface area (Å²) in [6, 6.07) is 4.16. The number of ether oxygens (including phenoxy) is 1. The number of hydrogen-bond donors (Lipinski definition) is 3. The molecule has 1 aliphatic heterocycles. The lowest BCUT2D eigenvalue weighted by Crippen LogP contribution is -2.44. The van der Waals surface area contributed by atoms with Crippen LogP contribution < -0.4 is 16.4 Å². The van der Waals surface area contributed by atoms with Gasteiger partial charge in [-0.3, -0.25) is 9.59 Å². The molecular formula is C15H21Cl2N3O3. The first kappa shape index (κ1) is 19.7. The molecule has 0 aromatic heterocycles. The zero-order valence-electron chi connectivity index (χ0n) is 12.8. The topological polar surface area (TPSA) is 93.5 Å². The average molecular weight is 362 g/mol. The van der Waals surface area contributed by atoms with Gasteiger partial charge in [0.15, 0.2) is 0 Å². The SMILES string of the molecule is CNC(=O)c1ccc(NC(=O)C(N)C2CCOCC2)cc1Cl.Cl. The number of anilines is 1. The number of amides is 2. The highest BCUT2D eigenvalue weighted by molar-refractivity contribution is 6.34. The lowest BCUT2D eigenvalue weighted by molar-refractivity contribution is -0.119. The largest absolute Gasteiger partial charge is 0.381 e. The molecule has 4 N–H and O–H groups in total. The van der Waals surface area contributed by atoms with Gasteiger partial charge in [-0.2, -0.15) is 0 Å². The molecular weight excluding hydrogens is 341 g/mol. The number of carbonyl (C=O) groups excluding carboxylic acids is 2. The molecule has 0 aliphatic carbocycles. The number of nitrogens with one attached hydrogen (secondary N) is 2. The van der Waals surface area contributed by atoms with Gasteiger partial charge < -0.3 is 21.1 Å². The van der Waals surface area contributed by atoms with Gasteiger partial charge in [0.2, 0.25) is 5.91 Å². The quantitative estimate of drug-likeness (QED) is 0.762. The summed E-state index contributed by atoms with van der Waals surface area (Å²) in [7, 11) is 1.53. The maximum absolute atomic E-state index is 12.2. The van der Waals surface area contributed by atoms with Crippen LogP contribution in [0.4, 0.5) is 5.69 Å².